The quantitative estimate of drug-likeness (QED) is 0.111. The standard InChI is InChI=1S/C13H15N3O6S/c1-22-13(17)12(15-14)23(20,21)9-3-2-4-10-5-7-11(8-6-10)16(18)19/h5-8H,2-4,9H2,1H3. The first-order valence-electron chi connectivity index (χ1n) is 6.58. The molecule has 0 aliphatic rings. The van der Waals surface area contributed by atoms with Gasteiger partial charge in [-0.1, -0.05) is 12.1 Å². The molecule has 0 aliphatic heterocycles. The molecule has 9 nitrogen and oxygen atoms in total. The zero-order valence-electron chi connectivity index (χ0n) is 12.3. The molecule has 0 saturated carbocycles. The average Bonchev–Trinajstić information content (AvgIpc) is 2.52. The molecule has 0 N–H and O–H groups in total. The van der Waals surface area contributed by atoms with Gasteiger partial charge in [0.2, 0.25) is 0 Å². The van der Waals surface area contributed by atoms with Crippen LogP contribution in [0.5, 0.6) is 0 Å². The Morgan fingerprint density at radius 2 is 1.91 bits per heavy atom. The third-order valence-electron chi connectivity index (χ3n) is 3.02. The number of nitrogens with zero attached hydrogens (tertiary/aromatic N) is 3. The highest BCUT2D eigenvalue weighted by Gasteiger charge is 2.36. The molecule has 0 heterocycles. The molecule has 0 radical (unpaired) electrons. The number of methoxy groups -OCH3 is 1. The van der Waals surface area contributed by atoms with Gasteiger partial charge in [-0.05, 0) is 24.8 Å². The Bertz CT molecular complexity index is 735. The van der Waals surface area contributed by atoms with E-state index in [1.165, 1.54) is 12.1 Å². The number of hydrogen-bond donors (Lipinski definition) is 0. The first-order valence-corrected chi connectivity index (χ1v) is 8.23. The SMILES string of the molecule is COC(=O)C(=[N+]=[N-])S(=O)(=O)CCCCc1ccc([N+](=O)[O-])cc1. The van der Waals surface area contributed by atoms with Gasteiger partial charge in [-0.15, -0.1) is 4.79 Å². The van der Waals surface area contributed by atoms with E-state index < -0.39 is 25.8 Å². The highest BCUT2D eigenvalue weighted by atomic mass is 32.2. The molecule has 0 bridgehead atoms. The summed E-state index contributed by atoms with van der Waals surface area (Å²) in [5, 5.41) is 9.51. The summed E-state index contributed by atoms with van der Waals surface area (Å²) in [6.45, 7) is 0. The van der Waals surface area contributed by atoms with E-state index >= 15 is 0 Å². The van der Waals surface area contributed by atoms with Crippen molar-refractivity contribution in [2.75, 3.05) is 12.9 Å². The van der Waals surface area contributed by atoms with Crippen molar-refractivity contribution in [3.8, 4) is 0 Å². The number of ether oxygens (including phenoxy) is 1. The van der Waals surface area contributed by atoms with Crippen LogP contribution in [0.25, 0.3) is 5.53 Å². The van der Waals surface area contributed by atoms with E-state index in [4.69, 9.17) is 5.53 Å². The van der Waals surface area contributed by atoms with Crippen LogP contribution in [0.15, 0.2) is 24.3 Å². The van der Waals surface area contributed by atoms with Crippen LogP contribution >= 0.6 is 0 Å². The van der Waals surface area contributed by atoms with Crippen LogP contribution in [0.4, 0.5) is 5.69 Å². The van der Waals surface area contributed by atoms with Gasteiger partial charge in [0.05, 0.1) is 17.8 Å². The predicted octanol–water partition coefficient (Wildman–Crippen LogP) is 1.13. The number of benzene rings is 1. The fourth-order valence-corrected chi connectivity index (χ4v) is 3.06. The van der Waals surface area contributed by atoms with Gasteiger partial charge in [-0.3, -0.25) is 10.1 Å². The van der Waals surface area contributed by atoms with E-state index in [0.717, 1.165) is 12.7 Å². The summed E-state index contributed by atoms with van der Waals surface area (Å²) in [5.41, 5.74) is 9.44. The third-order valence-corrected chi connectivity index (χ3v) is 4.68. The van der Waals surface area contributed by atoms with Crippen molar-refractivity contribution in [1.29, 1.82) is 0 Å². The number of carbonyl (C=O) groups is 1. The van der Waals surface area contributed by atoms with E-state index in [2.05, 4.69) is 9.53 Å². The van der Waals surface area contributed by atoms with E-state index in [9.17, 15) is 23.3 Å². The zero-order valence-corrected chi connectivity index (χ0v) is 13.2. The maximum atomic E-state index is 11.8. The van der Waals surface area contributed by atoms with Crippen molar-refractivity contribution < 1.29 is 27.7 Å². The van der Waals surface area contributed by atoms with Crippen LogP contribution in [0.1, 0.15) is 18.4 Å². The number of nitro benzene ring substituents is 1. The molecule has 0 atom stereocenters. The summed E-state index contributed by atoms with van der Waals surface area (Å²) in [7, 11) is -3.04. The Hall–Kier alpha value is -2.58. The smallest absolute Gasteiger partial charge is 0.460 e. The van der Waals surface area contributed by atoms with E-state index in [1.54, 1.807) is 12.1 Å². The van der Waals surface area contributed by atoms with Gasteiger partial charge < -0.3 is 10.3 Å². The second kappa shape index (κ2) is 8.16. The molecule has 0 saturated heterocycles. The molecular weight excluding hydrogens is 326 g/mol. The lowest BCUT2D eigenvalue weighted by Gasteiger charge is -2.02. The van der Waals surface area contributed by atoms with Crippen LogP contribution < -0.4 is 0 Å². The Kier molecular flexibility index (Phi) is 6.55. The molecule has 0 unspecified atom stereocenters. The first-order chi connectivity index (χ1) is 10.8. The van der Waals surface area contributed by atoms with Gasteiger partial charge in [0.1, 0.15) is 0 Å². The molecule has 1 rings (SSSR count). The lowest BCUT2D eigenvalue weighted by Crippen LogP contribution is -2.28. The van der Waals surface area contributed by atoms with Gasteiger partial charge in [-0.25, -0.2) is 13.2 Å². The lowest BCUT2D eigenvalue weighted by molar-refractivity contribution is -0.384. The highest BCUT2D eigenvalue weighted by Crippen LogP contribution is 2.14. The van der Waals surface area contributed by atoms with Crippen LogP contribution in [0, 0.1) is 10.1 Å². The van der Waals surface area contributed by atoms with Crippen LogP contribution in [0.2, 0.25) is 0 Å². The summed E-state index contributed by atoms with van der Waals surface area (Å²) in [5.74, 6) is -1.59. The van der Waals surface area contributed by atoms with Crippen molar-refractivity contribution in [3.63, 3.8) is 0 Å². The number of sulfone groups is 1. The van der Waals surface area contributed by atoms with Gasteiger partial charge >= 0.3 is 11.0 Å². The van der Waals surface area contributed by atoms with Crippen molar-refractivity contribution in [2.45, 2.75) is 19.3 Å². The van der Waals surface area contributed by atoms with Crippen molar-refractivity contribution in [2.24, 2.45) is 0 Å². The maximum absolute atomic E-state index is 11.8. The fourth-order valence-electron chi connectivity index (χ4n) is 1.82. The Labute approximate surface area is 132 Å². The molecule has 1 aromatic rings. The van der Waals surface area contributed by atoms with Crippen LogP contribution in [0.3, 0.4) is 0 Å². The molecule has 0 fully saturated rings. The number of hydrogen-bond acceptors (Lipinski definition) is 6. The van der Waals surface area contributed by atoms with E-state index in [1.807, 2.05) is 0 Å². The summed E-state index contributed by atoms with van der Waals surface area (Å²) in [6.07, 6.45) is 1.24. The van der Waals surface area contributed by atoms with Gasteiger partial charge in [-0.2, -0.15) is 0 Å². The second-order valence-electron chi connectivity index (χ2n) is 4.60. The average molecular weight is 341 g/mol. The Morgan fingerprint density at radius 1 is 1.30 bits per heavy atom. The van der Waals surface area contributed by atoms with Gasteiger partial charge in [0.25, 0.3) is 15.5 Å². The molecular formula is C13H15N3O6S. The lowest BCUT2D eigenvalue weighted by atomic mass is 10.1. The van der Waals surface area contributed by atoms with Gasteiger partial charge in [0.15, 0.2) is 0 Å². The molecule has 0 spiro atoms. The minimum atomic E-state index is -4.02. The fraction of sp³-hybridized carbons (Fsp3) is 0.385. The monoisotopic (exact) mass is 341 g/mol. The van der Waals surface area contributed by atoms with Crippen LogP contribution in [-0.4, -0.2) is 42.0 Å². The van der Waals surface area contributed by atoms with Crippen molar-refractivity contribution in [1.82, 2.24) is 0 Å². The topological polar surface area (TPSA) is 140 Å². The molecule has 0 aromatic heterocycles. The Balaban J connectivity index is 2.55. The second-order valence-corrected chi connectivity index (χ2v) is 6.62. The summed E-state index contributed by atoms with van der Waals surface area (Å²) >= 11 is 0. The minimum absolute atomic E-state index is 0.0156. The number of esters is 1. The normalized spacial score (nSPS) is 10.7. The molecule has 0 aliphatic carbocycles. The number of rotatable bonds is 6. The maximum Gasteiger partial charge on any atom is 0.488 e. The van der Waals surface area contributed by atoms with E-state index in [-0.39, 0.29) is 17.9 Å². The number of nitro groups is 1. The third kappa shape index (κ3) is 5.28. The van der Waals surface area contributed by atoms with Crippen molar-refractivity contribution in [3.05, 3.63) is 45.5 Å². The molecule has 1 aromatic carbocycles. The number of aryl methyl sites for hydroxylation is 1. The van der Waals surface area contributed by atoms with E-state index in [0.29, 0.717) is 12.8 Å². The molecule has 10 heteroatoms. The minimum Gasteiger partial charge on any atom is -0.460 e. The predicted molar refractivity (Wildman–Crippen MR) is 80.5 cm³/mol. The number of unbranched alkanes of at least 4 members (excludes halogenated alkanes) is 1. The molecule has 0 amide bonds. The summed E-state index contributed by atoms with van der Waals surface area (Å²) < 4.78 is 27.9. The first kappa shape index (κ1) is 18.5. The molecule has 124 valence electrons. The largest absolute Gasteiger partial charge is 0.488 e. The highest BCUT2D eigenvalue weighted by molar-refractivity contribution is 8.07. The Morgan fingerprint density at radius 3 is 2.39 bits per heavy atom. The zero-order chi connectivity index (χ0) is 17.5. The van der Waals surface area contributed by atoms with Crippen molar-refractivity contribution >= 4 is 26.5 Å². The number of non-ortho nitro benzene ring substituents is 1. The summed E-state index contributed by atoms with van der Waals surface area (Å²) in [4.78, 5) is 23.7. The summed E-state index contributed by atoms with van der Waals surface area (Å²) in [6, 6.07) is 5.95. The molecule has 23 heavy (non-hydrogen) atoms. The van der Waals surface area contributed by atoms with Gasteiger partial charge in [0, 0.05) is 12.1 Å². The number of carbonyl (C=O) groups excluding carboxylic acids is 1. The van der Waals surface area contributed by atoms with Crippen LogP contribution in [-0.2, 0) is 25.8 Å².